The highest BCUT2D eigenvalue weighted by molar-refractivity contribution is 5.79. The van der Waals surface area contributed by atoms with Crippen molar-refractivity contribution >= 4 is 5.97 Å². The van der Waals surface area contributed by atoms with Crippen molar-refractivity contribution in [1.29, 1.82) is 5.26 Å². The summed E-state index contributed by atoms with van der Waals surface area (Å²) in [5.41, 5.74) is -0.155. The molecule has 0 amide bonds. The second-order valence-electron chi connectivity index (χ2n) is 5.41. The van der Waals surface area contributed by atoms with Crippen LogP contribution < -0.4 is 4.74 Å². The molecular weight excluding hydrogens is 297 g/mol. The van der Waals surface area contributed by atoms with Crippen LogP contribution in [0.1, 0.15) is 25.0 Å². The van der Waals surface area contributed by atoms with Gasteiger partial charge in [-0.05, 0) is 44.2 Å². The van der Waals surface area contributed by atoms with E-state index in [1.807, 2.05) is 6.07 Å². The number of ether oxygens (including phenoxy) is 2. The Kier molecular flexibility index (Phi) is 4.97. The van der Waals surface area contributed by atoms with Crippen LogP contribution in [-0.4, -0.2) is 11.6 Å². The number of esters is 1. The van der Waals surface area contributed by atoms with E-state index in [1.54, 1.807) is 38.1 Å². The quantitative estimate of drug-likeness (QED) is 0.791. The SMILES string of the molecule is CC(C)(Oc1ccc(F)cc1)C(=O)OCc1ccccc1C#N. The van der Waals surface area contributed by atoms with Gasteiger partial charge in [-0.25, -0.2) is 9.18 Å². The molecular formula is C18H16FNO3. The lowest BCUT2D eigenvalue weighted by Crippen LogP contribution is -2.39. The van der Waals surface area contributed by atoms with Crippen molar-refractivity contribution in [1.82, 2.24) is 0 Å². The molecule has 4 nitrogen and oxygen atoms in total. The van der Waals surface area contributed by atoms with Gasteiger partial charge in [0.15, 0.2) is 5.60 Å². The van der Waals surface area contributed by atoms with E-state index in [-0.39, 0.29) is 12.4 Å². The molecule has 0 fully saturated rings. The lowest BCUT2D eigenvalue weighted by molar-refractivity contribution is -0.160. The summed E-state index contributed by atoms with van der Waals surface area (Å²) in [4.78, 5) is 12.2. The third-order valence-corrected chi connectivity index (χ3v) is 3.17. The minimum atomic E-state index is -1.24. The topological polar surface area (TPSA) is 59.3 Å². The molecule has 0 spiro atoms. The first-order valence-corrected chi connectivity index (χ1v) is 7.02. The predicted molar refractivity (Wildman–Crippen MR) is 82.1 cm³/mol. The number of nitriles is 1. The van der Waals surface area contributed by atoms with E-state index < -0.39 is 11.6 Å². The standard InChI is InChI=1S/C18H16FNO3/c1-18(2,23-16-9-7-15(19)8-10-16)17(21)22-12-14-6-4-3-5-13(14)11-20/h3-10H,12H2,1-2H3. The normalized spacial score (nSPS) is 10.7. The Balaban J connectivity index is 2.01. The maximum absolute atomic E-state index is 12.9. The van der Waals surface area contributed by atoms with E-state index in [2.05, 4.69) is 0 Å². The van der Waals surface area contributed by atoms with Gasteiger partial charge in [-0.1, -0.05) is 18.2 Å². The molecule has 0 aliphatic rings. The number of hydrogen-bond donors (Lipinski definition) is 0. The molecule has 5 heteroatoms. The molecule has 0 atom stereocenters. The number of halogens is 1. The van der Waals surface area contributed by atoms with Gasteiger partial charge in [-0.2, -0.15) is 5.26 Å². The predicted octanol–water partition coefficient (Wildman–Crippen LogP) is 3.60. The lowest BCUT2D eigenvalue weighted by atomic mass is 10.1. The summed E-state index contributed by atoms with van der Waals surface area (Å²) in [7, 11) is 0. The first-order chi connectivity index (χ1) is 10.9. The first-order valence-electron chi connectivity index (χ1n) is 7.02. The zero-order valence-corrected chi connectivity index (χ0v) is 12.9. The van der Waals surface area contributed by atoms with Crippen molar-refractivity contribution in [2.45, 2.75) is 26.1 Å². The zero-order valence-electron chi connectivity index (χ0n) is 12.9. The van der Waals surface area contributed by atoms with Crippen LogP contribution in [-0.2, 0) is 16.1 Å². The molecule has 0 aliphatic carbocycles. The van der Waals surface area contributed by atoms with E-state index in [9.17, 15) is 9.18 Å². The van der Waals surface area contributed by atoms with Crippen LogP contribution in [0.15, 0.2) is 48.5 Å². The largest absolute Gasteiger partial charge is 0.476 e. The Labute approximate surface area is 134 Å². The van der Waals surface area contributed by atoms with Crippen molar-refractivity contribution in [3.8, 4) is 11.8 Å². The maximum atomic E-state index is 12.9. The number of carbonyl (C=O) groups is 1. The number of hydrogen-bond acceptors (Lipinski definition) is 4. The monoisotopic (exact) mass is 313 g/mol. The third-order valence-electron chi connectivity index (χ3n) is 3.17. The molecule has 0 bridgehead atoms. The van der Waals surface area contributed by atoms with Crippen LogP contribution >= 0.6 is 0 Å². The van der Waals surface area contributed by atoms with Crippen LogP contribution in [0.2, 0.25) is 0 Å². The van der Waals surface area contributed by atoms with Crippen LogP contribution in [0.5, 0.6) is 5.75 Å². The fraction of sp³-hybridized carbons (Fsp3) is 0.222. The fourth-order valence-corrected chi connectivity index (χ4v) is 1.91. The third kappa shape index (κ3) is 4.30. The van der Waals surface area contributed by atoms with Crippen molar-refractivity contribution in [2.75, 3.05) is 0 Å². The summed E-state index contributed by atoms with van der Waals surface area (Å²) in [6.45, 7) is 3.11. The minimum absolute atomic E-state index is 0.0151. The van der Waals surface area contributed by atoms with Gasteiger partial charge >= 0.3 is 5.97 Å². The molecule has 23 heavy (non-hydrogen) atoms. The van der Waals surface area contributed by atoms with Crippen molar-refractivity contribution < 1.29 is 18.7 Å². The van der Waals surface area contributed by atoms with E-state index in [0.717, 1.165) is 0 Å². The Bertz CT molecular complexity index is 733. The Hall–Kier alpha value is -2.87. The number of carbonyl (C=O) groups excluding carboxylic acids is 1. The molecule has 0 aromatic heterocycles. The molecule has 0 saturated carbocycles. The lowest BCUT2D eigenvalue weighted by Gasteiger charge is -2.24. The van der Waals surface area contributed by atoms with Gasteiger partial charge in [0.2, 0.25) is 0 Å². The van der Waals surface area contributed by atoms with Gasteiger partial charge in [0.1, 0.15) is 18.2 Å². The molecule has 0 saturated heterocycles. The van der Waals surface area contributed by atoms with E-state index in [1.165, 1.54) is 24.3 Å². The van der Waals surface area contributed by atoms with Gasteiger partial charge in [-0.3, -0.25) is 0 Å². The van der Waals surface area contributed by atoms with Crippen LogP contribution in [0, 0.1) is 17.1 Å². The highest BCUT2D eigenvalue weighted by atomic mass is 19.1. The Morgan fingerprint density at radius 1 is 1.17 bits per heavy atom. The van der Waals surface area contributed by atoms with Gasteiger partial charge in [-0.15, -0.1) is 0 Å². The van der Waals surface area contributed by atoms with Crippen LogP contribution in [0.25, 0.3) is 0 Å². The molecule has 0 radical (unpaired) electrons. The number of nitrogens with zero attached hydrogens (tertiary/aromatic N) is 1. The highest BCUT2D eigenvalue weighted by Gasteiger charge is 2.32. The first kappa shape index (κ1) is 16.5. The molecule has 0 aliphatic heterocycles. The summed E-state index contributed by atoms with van der Waals surface area (Å²) >= 11 is 0. The molecule has 0 heterocycles. The summed E-state index contributed by atoms with van der Waals surface area (Å²) in [5, 5.41) is 9.01. The molecule has 0 unspecified atom stereocenters. The van der Waals surface area contributed by atoms with E-state index >= 15 is 0 Å². The maximum Gasteiger partial charge on any atom is 0.350 e. The van der Waals surface area contributed by atoms with Crippen LogP contribution in [0.4, 0.5) is 4.39 Å². The molecule has 2 rings (SSSR count). The zero-order chi connectivity index (χ0) is 16.9. The van der Waals surface area contributed by atoms with Gasteiger partial charge in [0, 0.05) is 5.56 Å². The summed E-state index contributed by atoms with van der Waals surface area (Å²) in [6.07, 6.45) is 0. The Morgan fingerprint density at radius 2 is 1.83 bits per heavy atom. The van der Waals surface area contributed by atoms with Gasteiger partial charge < -0.3 is 9.47 Å². The smallest absolute Gasteiger partial charge is 0.350 e. The molecule has 0 N–H and O–H groups in total. The fourth-order valence-electron chi connectivity index (χ4n) is 1.91. The molecule has 2 aromatic carbocycles. The average Bonchev–Trinajstić information content (AvgIpc) is 2.54. The summed E-state index contributed by atoms with van der Waals surface area (Å²) in [5.74, 6) is -0.591. The summed E-state index contributed by atoms with van der Waals surface area (Å²) in [6, 6.07) is 14.3. The van der Waals surface area contributed by atoms with Gasteiger partial charge in [0.05, 0.1) is 11.6 Å². The van der Waals surface area contributed by atoms with Crippen molar-refractivity contribution in [3.63, 3.8) is 0 Å². The Morgan fingerprint density at radius 3 is 2.48 bits per heavy atom. The molecule has 118 valence electrons. The second-order valence-corrected chi connectivity index (χ2v) is 5.41. The second kappa shape index (κ2) is 6.93. The summed E-state index contributed by atoms with van der Waals surface area (Å²) < 4.78 is 23.7. The number of rotatable bonds is 5. The minimum Gasteiger partial charge on any atom is -0.476 e. The van der Waals surface area contributed by atoms with E-state index in [4.69, 9.17) is 14.7 Å². The van der Waals surface area contributed by atoms with E-state index in [0.29, 0.717) is 16.9 Å². The van der Waals surface area contributed by atoms with Crippen molar-refractivity contribution in [2.24, 2.45) is 0 Å². The van der Waals surface area contributed by atoms with Crippen molar-refractivity contribution in [3.05, 3.63) is 65.5 Å². The van der Waals surface area contributed by atoms with Gasteiger partial charge in [0.25, 0.3) is 0 Å². The average molecular weight is 313 g/mol. The molecule has 2 aromatic rings. The number of benzene rings is 2. The van der Waals surface area contributed by atoms with Crippen LogP contribution in [0.3, 0.4) is 0 Å². The highest BCUT2D eigenvalue weighted by Crippen LogP contribution is 2.20.